The van der Waals surface area contributed by atoms with E-state index in [4.69, 9.17) is 16.3 Å². The average Bonchev–Trinajstić information content (AvgIpc) is 2.99. The number of rotatable bonds is 12. The molecular weight excluding hydrogens is 631 g/mol. The van der Waals surface area contributed by atoms with Crippen molar-refractivity contribution in [2.75, 3.05) is 38.5 Å². The number of piperazine rings is 1. The molecule has 2 atom stereocenters. The molecule has 1 fully saturated rings. The second kappa shape index (κ2) is 14.1. The lowest BCUT2D eigenvalue weighted by Gasteiger charge is -2.39. The van der Waals surface area contributed by atoms with Gasteiger partial charge in [-0.05, 0) is 60.5 Å². The zero-order valence-corrected chi connectivity index (χ0v) is 26.4. The average molecular weight is 666 g/mol. The van der Waals surface area contributed by atoms with Crippen LogP contribution in [0.15, 0.2) is 73.3 Å². The monoisotopic (exact) mass is 665 g/mol. The van der Waals surface area contributed by atoms with E-state index in [1.54, 1.807) is 48.2 Å². The maximum atomic E-state index is 14.5. The molecule has 2 N–H and O–H groups in total. The van der Waals surface area contributed by atoms with Crippen LogP contribution in [0, 0.1) is 0 Å². The SMILES string of the molecule is C=C(c1ccc(C(F)(F)F)cc1OCC)N(C(c1ccc(Cl)cc1)C(C)c1ccc(O)cc1)S(=O)(=O)CCN1CCNC(=O)C1. The number of nitrogens with one attached hydrogen (secondary N) is 1. The van der Waals surface area contributed by atoms with Gasteiger partial charge >= 0.3 is 6.18 Å². The van der Waals surface area contributed by atoms with Crippen LogP contribution in [0.1, 0.15) is 48.1 Å². The molecular formula is C32H35ClF3N3O5S. The Bertz CT molecular complexity index is 1620. The summed E-state index contributed by atoms with van der Waals surface area (Å²) in [6.07, 6.45) is -4.66. The minimum atomic E-state index is -4.66. The van der Waals surface area contributed by atoms with Crippen LogP contribution in [0.2, 0.25) is 5.02 Å². The van der Waals surface area contributed by atoms with Crippen LogP contribution in [0.5, 0.6) is 11.5 Å². The van der Waals surface area contributed by atoms with Crippen LogP contribution < -0.4 is 10.1 Å². The zero-order chi connectivity index (χ0) is 32.9. The molecule has 0 bridgehead atoms. The molecule has 1 saturated heterocycles. The normalized spacial score (nSPS) is 15.6. The zero-order valence-electron chi connectivity index (χ0n) is 24.9. The van der Waals surface area contributed by atoms with E-state index in [-0.39, 0.29) is 48.4 Å². The number of nitrogens with zero attached hydrogens (tertiary/aromatic N) is 2. The topological polar surface area (TPSA) is 99.2 Å². The van der Waals surface area contributed by atoms with Gasteiger partial charge in [0.05, 0.1) is 36.2 Å². The van der Waals surface area contributed by atoms with E-state index in [2.05, 4.69) is 11.9 Å². The first-order chi connectivity index (χ1) is 21.2. The van der Waals surface area contributed by atoms with Gasteiger partial charge in [0, 0.05) is 36.1 Å². The summed E-state index contributed by atoms with van der Waals surface area (Å²) in [6, 6.07) is 14.8. The number of ether oxygens (including phenoxy) is 1. The molecule has 0 aromatic heterocycles. The second-order valence-corrected chi connectivity index (χ2v) is 13.1. The van der Waals surface area contributed by atoms with Crippen molar-refractivity contribution in [3.8, 4) is 11.5 Å². The van der Waals surface area contributed by atoms with Gasteiger partial charge in [-0.15, -0.1) is 0 Å². The standard InChI is InChI=1S/C32H35ClF3N3O5S/c1-4-44-29-19-25(32(34,35)36)9-14-28(29)22(3)39(45(42,43)18-17-38-16-15-37-30(41)20-38)31(24-5-10-26(33)11-6-24)21(2)23-7-12-27(40)13-8-23/h5-14,19,21,31,40H,3-4,15-18,20H2,1-2H3,(H,37,41). The summed E-state index contributed by atoms with van der Waals surface area (Å²) in [5.41, 5.74) is 0.265. The molecule has 1 aliphatic rings. The molecule has 0 radical (unpaired) electrons. The number of hydrogen-bond donors (Lipinski definition) is 2. The van der Waals surface area contributed by atoms with E-state index >= 15 is 0 Å². The Labute approximate surface area is 266 Å². The van der Waals surface area contributed by atoms with E-state index in [0.717, 1.165) is 22.5 Å². The number of hydrogen-bond acceptors (Lipinski definition) is 6. The molecule has 0 aliphatic carbocycles. The Balaban J connectivity index is 1.88. The minimum absolute atomic E-state index is 0.0237. The van der Waals surface area contributed by atoms with Crippen LogP contribution in [-0.2, 0) is 21.0 Å². The third-order valence-corrected chi connectivity index (χ3v) is 9.62. The van der Waals surface area contributed by atoms with Crippen LogP contribution in [0.3, 0.4) is 0 Å². The van der Waals surface area contributed by atoms with E-state index < -0.39 is 39.5 Å². The second-order valence-electron chi connectivity index (χ2n) is 10.7. The smallest absolute Gasteiger partial charge is 0.416 e. The predicted molar refractivity (Wildman–Crippen MR) is 167 cm³/mol. The Morgan fingerprint density at radius 1 is 1.11 bits per heavy atom. The number of phenolic OH excluding ortho intramolecular Hbond substituents is 1. The highest BCUT2D eigenvalue weighted by Crippen LogP contribution is 2.44. The summed E-state index contributed by atoms with van der Waals surface area (Å²) in [5.74, 6) is -1.32. The van der Waals surface area contributed by atoms with Crippen molar-refractivity contribution in [3.63, 3.8) is 0 Å². The molecule has 1 amide bonds. The number of phenols is 1. The Hall–Kier alpha value is -3.74. The molecule has 2 unspecified atom stereocenters. The molecule has 0 spiro atoms. The fourth-order valence-electron chi connectivity index (χ4n) is 5.31. The molecule has 242 valence electrons. The Morgan fingerprint density at radius 2 is 1.76 bits per heavy atom. The van der Waals surface area contributed by atoms with E-state index in [0.29, 0.717) is 29.2 Å². The van der Waals surface area contributed by atoms with Crippen molar-refractivity contribution in [2.45, 2.75) is 32.0 Å². The number of carbonyl (C=O) groups excluding carboxylic acids is 1. The molecule has 45 heavy (non-hydrogen) atoms. The summed E-state index contributed by atoms with van der Waals surface area (Å²) in [6.45, 7) is 8.48. The molecule has 4 rings (SSSR count). The Morgan fingerprint density at radius 3 is 2.36 bits per heavy atom. The predicted octanol–water partition coefficient (Wildman–Crippen LogP) is 6.04. The highest BCUT2D eigenvalue weighted by molar-refractivity contribution is 7.89. The third kappa shape index (κ3) is 8.30. The van der Waals surface area contributed by atoms with Gasteiger partial charge in [-0.2, -0.15) is 13.2 Å². The van der Waals surface area contributed by atoms with Crippen molar-refractivity contribution in [3.05, 3.63) is 101 Å². The first kappa shape index (κ1) is 34.1. The molecule has 1 heterocycles. The van der Waals surface area contributed by atoms with Crippen molar-refractivity contribution >= 4 is 33.2 Å². The van der Waals surface area contributed by atoms with Crippen molar-refractivity contribution in [2.24, 2.45) is 0 Å². The van der Waals surface area contributed by atoms with Gasteiger partial charge in [-0.3, -0.25) is 14.0 Å². The van der Waals surface area contributed by atoms with Gasteiger partial charge < -0.3 is 15.2 Å². The quantitative estimate of drug-likeness (QED) is 0.245. The van der Waals surface area contributed by atoms with Gasteiger partial charge in [0.1, 0.15) is 11.5 Å². The number of benzene rings is 3. The lowest BCUT2D eigenvalue weighted by molar-refractivity contribution is -0.137. The van der Waals surface area contributed by atoms with Gasteiger partial charge in [0.2, 0.25) is 15.9 Å². The number of alkyl halides is 3. The summed E-state index contributed by atoms with van der Waals surface area (Å²) in [7, 11) is -4.28. The minimum Gasteiger partial charge on any atom is -0.508 e. The van der Waals surface area contributed by atoms with Crippen molar-refractivity contribution in [1.29, 1.82) is 0 Å². The fraction of sp³-hybridized carbons (Fsp3) is 0.344. The molecule has 3 aromatic carbocycles. The van der Waals surface area contributed by atoms with Gasteiger partial charge in [-0.1, -0.05) is 49.4 Å². The third-order valence-electron chi connectivity index (χ3n) is 7.62. The van der Waals surface area contributed by atoms with Crippen molar-refractivity contribution < 1.29 is 36.2 Å². The number of amides is 1. The van der Waals surface area contributed by atoms with Gasteiger partial charge in [-0.25, -0.2) is 8.42 Å². The Kier molecular flexibility index (Phi) is 10.7. The highest BCUT2D eigenvalue weighted by Gasteiger charge is 2.39. The number of halogens is 4. The van der Waals surface area contributed by atoms with Crippen LogP contribution in [-0.4, -0.2) is 67.2 Å². The van der Waals surface area contributed by atoms with E-state index in [9.17, 15) is 31.5 Å². The fourth-order valence-corrected chi connectivity index (χ4v) is 7.21. The molecule has 3 aromatic rings. The number of carbonyl (C=O) groups is 1. The first-order valence-electron chi connectivity index (χ1n) is 14.3. The summed E-state index contributed by atoms with van der Waals surface area (Å²) in [5, 5.41) is 13.0. The van der Waals surface area contributed by atoms with E-state index in [1.165, 1.54) is 12.1 Å². The van der Waals surface area contributed by atoms with Crippen LogP contribution in [0.4, 0.5) is 13.2 Å². The highest BCUT2D eigenvalue weighted by atomic mass is 35.5. The number of sulfonamides is 1. The van der Waals surface area contributed by atoms with Crippen molar-refractivity contribution in [1.82, 2.24) is 14.5 Å². The summed E-state index contributed by atoms with van der Waals surface area (Å²) in [4.78, 5) is 13.7. The first-order valence-corrected chi connectivity index (χ1v) is 16.3. The maximum absolute atomic E-state index is 14.5. The lowest BCUT2D eigenvalue weighted by Crippen LogP contribution is -2.49. The molecule has 13 heteroatoms. The molecule has 1 aliphatic heterocycles. The summed E-state index contributed by atoms with van der Waals surface area (Å²) < 4.78 is 76.7. The maximum Gasteiger partial charge on any atom is 0.416 e. The molecule has 8 nitrogen and oxygen atoms in total. The van der Waals surface area contributed by atoms with Crippen LogP contribution >= 0.6 is 11.6 Å². The molecule has 0 saturated carbocycles. The number of aromatic hydroxyl groups is 1. The van der Waals surface area contributed by atoms with Crippen LogP contribution in [0.25, 0.3) is 5.70 Å². The van der Waals surface area contributed by atoms with Gasteiger partial charge in [0.25, 0.3) is 0 Å². The largest absolute Gasteiger partial charge is 0.508 e. The van der Waals surface area contributed by atoms with E-state index in [1.807, 2.05) is 6.92 Å². The summed E-state index contributed by atoms with van der Waals surface area (Å²) >= 11 is 6.19. The lowest BCUT2D eigenvalue weighted by atomic mass is 9.88. The van der Waals surface area contributed by atoms with Gasteiger partial charge in [0.15, 0.2) is 0 Å².